The van der Waals surface area contributed by atoms with E-state index in [2.05, 4.69) is 34.4 Å². The van der Waals surface area contributed by atoms with Gasteiger partial charge in [-0.1, -0.05) is 26.0 Å². The van der Waals surface area contributed by atoms with Gasteiger partial charge >= 0.3 is 0 Å². The summed E-state index contributed by atoms with van der Waals surface area (Å²) in [6, 6.07) is 7.65. The van der Waals surface area contributed by atoms with Crippen molar-refractivity contribution < 1.29 is 4.79 Å². The molecule has 0 bridgehead atoms. The van der Waals surface area contributed by atoms with Crippen LogP contribution < -0.4 is 10.6 Å². The Bertz CT molecular complexity index is 566. The number of rotatable bonds is 3. The van der Waals surface area contributed by atoms with Crippen LogP contribution in [0.25, 0.3) is 0 Å². The molecule has 1 aromatic rings. The molecule has 0 unspecified atom stereocenters. The molecule has 5 nitrogen and oxygen atoms in total. The average molecular weight is 302 g/mol. The van der Waals surface area contributed by atoms with Crippen molar-refractivity contribution >= 4 is 11.9 Å². The molecule has 2 rings (SSSR count). The summed E-state index contributed by atoms with van der Waals surface area (Å²) in [6.07, 6.45) is 1.18. The highest BCUT2D eigenvalue weighted by Gasteiger charge is 2.30. The monoisotopic (exact) mass is 302 g/mol. The minimum atomic E-state index is -0.0625. The number of carbonyl (C=O) groups excluding carboxylic acids is 1. The lowest BCUT2D eigenvalue weighted by atomic mass is 9.93. The molecule has 0 atom stereocenters. The minimum absolute atomic E-state index is 0.0625. The van der Waals surface area contributed by atoms with E-state index in [-0.39, 0.29) is 5.91 Å². The van der Waals surface area contributed by atoms with Gasteiger partial charge in [-0.25, -0.2) is 0 Å². The first-order valence-corrected chi connectivity index (χ1v) is 7.72. The highest BCUT2D eigenvalue weighted by Crippen LogP contribution is 2.28. The molecule has 1 fully saturated rings. The predicted molar refractivity (Wildman–Crippen MR) is 90.0 cm³/mol. The zero-order chi connectivity index (χ0) is 16.2. The van der Waals surface area contributed by atoms with Crippen LogP contribution in [-0.4, -0.2) is 44.0 Å². The van der Waals surface area contributed by atoms with Gasteiger partial charge < -0.3 is 15.5 Å². The molecule has 1 saturated heterocycles. The Morgan fingerprint density at radius 1 is 1.41 bits per heavy atom. The molecular weight excluding hydrogens is 276 g/mol. The third kappa shape index (κ3) is 4.00. The normalized spacial score (nSPS) is 17.5. The second-order valence-corrected chi connectivity index (χ2v) is 6.52. The van der Waals surface area contributed by atoms with Crippen molar-refractivity contribution in [2.45, 2.75) is 26.8 Å². The molecule has 2 N–H and O–H groups in total. The van der Waals surface area contributed by atoms with Crippen molar-refractivity contribution in [3.05, 3.63) is 35.4 Å². The lowest BCUT2D eigenvalue weighted by molar-refractivity contribution is 0.0963. The summed E-state index contributed by atoms with van der Waals surface area (Å²) in [4.78, 5) is 18.3. The van der Waals surface area contributed by atoms with Crippen LogP contribution in [-0.2, 0) is 6.54 Å². The summed E-state index contributed by atoms with van der Waals surface area (Å²) >= 11 is 0. The van der Waals surface area contributed by atoms with Gasteiger partial charge in [-0.3, -0.25) is 9.79 Å². The maximum Gasteiger partial charge on any atom is 0.251 e. The Hall–Kier alpha value is -2.04. The zero-order valence-corrected chi connectivity index (χ0v) is 13.9. The summed E-state index contributed by atoms with van der Waals surface area (Å²) in [5.74, 6) is 0.864. The molecule has 0 saturated carbocycles. The number of hydrogen-bond donors (Lipinski definition) is 2. The second-order valence-electron chi connectivity index (χ2n) is 6.52. The topological polar surface area (TPSA) is 56.7 Å². The van der Waals surface area contributed by atoms with Gasteiger partial charge in [0.15, 0.2) is 5.96 Å². The highest BCUT2D eigenvalue weighted by atomic mass is 16.1. The fraction of sp³-hybridized carbons (Fsp3) is 0.529. The van der Waals surface area contributed by atoms with E-state index in [4.69, 9.17) is 0 Å². The molecule has 1 aliphatic heterocycles. The number of carbonyl (C=O) groups is 1. The number of nitrogens with zero attached hydrogens (tertiary/aromatic N) is 2. The Morgan fingerprint density at radius 3 is 2.77 bits per heavy atom. The highest BCUT2D eigenvalue weighted by molar-refractivity contribution is 5.94. The van der Waals surface area contributed by atoms with Crippen molar-refractivity contribution in [3.8, 4) is 0 Å². The number of guanidine groups is 1. The van der Waals surface area contributed by atoms with Gasteiger partial charge in [-0.2, -0.15) is 0 Å². The standard InChI is InChI=1S/C17H26N4O/c1-17(2)8-9-21(12-17)16(19-4)20-11-13-6-5-7-14(10-13)15(22)18-3/h5-7,10H,8-9,11-12H2,1-4H3,(H,18,22)(H,19,20). The Morgan fingerprint density at radius 2 is 2.18 bits per heavy atom. The van der Waals surface area contributed by atoms with Crippen molar-refractivity contribution in [1.82, 2.24) is 15.5 Å². The van der Waals surface area contributed by atoms with Crippen molar-refractivity contribution in [2.24, 2.45) is 10.4 Å². The van der Waals surface area contributed by atoms with Crippen LogP contribution in [0.1, 0.15) is 36.2 Å². The van der Waals surface area contributed by atoms with Gasteiger partial charge in [-0.15, -0.1) is 0 Å². The van der Waals surface area contributed by atoms with Crippen LogP contribution in [0, 0.1) is 5.41 Å². The van der Waals surface area contributed by atoms with E-state index in [0.29, 0.717) is 17.5 Å². The third-order valence-corrected chi connectivity index (χ3v) is 4.06. The van der Waals surface area contributed by atoms with Gasteiger partial charge in [0, 0.05) is 39.3 Å². The number of benzene rings is 1. The van der Waals surface area contributed by atoms with Crippen LogP contribution in [0.3, 0.4) is 0 Å². The van der Waals surface area contributed by atoms with E-state index < -0.39 is 0 Å². The van der Waals surface area contributed by atoms with E-state index in [9.17, 15) is 4.79 Å². The summed E-state index contributed by atoms with van der Waals surface area (Å²) in [5, 5.41) is 6.04. The molecule has 5 heteroatoms. The number of nitrogens with one attached hydrogen (secondary N) is 2. The van der Waals surface area contributed by atoms with Gasteiger partial charge in [-0.05, 0) is 29.5 Å². The van der Waals surface area contributed by atoms with Gasteiger partial charge in [0.2, 0.25) is 0 Å². The van der Waals surface area contributed by atoms with Crippen molar-refractivity contribution in [1.29, 1.82) is 0 Å². The number of hydrogen-bond acceptors (Lipinski definition) is 2. The summed E-state index contributed by atoms with van der Waals surface area (Å²) in [5.41, 5.74) is 2.09. The van der Waals surface area contributed by atoms with Crippen LogP contribution >= 0.6 is 0 Å². The molecule has 0 radical (unpaired) electrons. The van der Waals surface area contributed by atoms with E-state index in [1.165, 1.54) is 6.42 Å². The number of likely N-dealkylation sites (tertiary alicyclic amines) is 1. The molecule has 1 aliphatic rings. The Balaban J connectivity index is 1.98. The van der Waals surface area contributed by atoms with Gasteiger partial charge in [0.1, 0.15) is 0 Å². The van der Waals surface area contributed by atoms with E-state index in [1.807, 2.05) is 31.3 Å². The first-order valence-electron chi connectivity index (χ1n) is 7.72. The van der Waals surface area contributed by atoms with E-state index in [1.54, 1.807) is 7.05 Å². The predicted octanol–water partition coefficient (Wildman–Crippen LogP) is 1.85. The van der Waals surface area contributed by atoms with Crippen LogP contribution in [0.15, 0.2) is 29.3 Å². The average Bonchev–Trinajstić information content (AvgIpc) is 2.87. The molecule has 1 heterocycles. The number of amides is 1. The van der Waals surface area contributed by atoms with Crippen LogP contribution in [0.2, 0.25) is 0 Å². The zero-order valence-electron chi connectivity index (χ0n) is 13.9. The molecule has 22 heavy (non-hydrogen) atoms. The van der Waals surface area contributed by atoms with Gasteiger partial charge in [0.25, 0.3) is 5.91 Å². The smallest absolute Gasteiger partial charge is 0.251 e. The fourth-order valence-corrected chi connectivity index (χ4v) is 2.77. The SMILES string of the molecule is CN=C(NCc1cccc(C(=O)NC)c1)N1CCC(C)(C)C1. The molecular formula is C17H26N4O. The largest absolute Gasteiger partial charge is 0.355 e. The molecule has 0 aliphatic carbocycles. The van der Waals surface area contributed by atoms with Gasteiger partial charge in [0.05, 0.1) is 0 Å². The molecule has 0 spiro atoms. The molecule has 0 aromatic heterocycles. The molecule has 1 aromatic carbocycles. The summed E-state index contributed by atoms with van der Waals surface area (Å²) < 4.78 is 0. The fourth-order valence-electron chi connectivity index (χ4n) is 2.77. The van der Waals surface area contributed by atoms with E-state index >= 15 is 0 Å². The number of aliphatic imine (C=N–C) groups is 1. The third-order valence-electron chi connectivity index (χ3n) is 4.06. The molecule has 120 valence electrons. The first-order chi connectivity index (χ1) is 10.4. The second kappa shape index (κ2) is 6.81. The first kappa shape index (κ1) is 16.3. The van der Waals surface area contributed by atoms with Crippen molar-refractivity contribution in [3.63, 3.8) is 0 Å². The quantitative estimate of drug-likeness (QED) is 0.662. The molecule has 1 amide bonds. The summed E-state index contributed by atoms with van der Waals surface area (Å²) in [7, 11) is 3.46. The van der Waals surface area contributed by atoms with Crippen LogP contribution in [0.5, 0.6) is 0 Å². The maximum absolute atomic E-state index is 11.7. The Kier molecular flexibility index (Phi) is 5.06. The van der Waals surface area contributed by atoms with Crippen molar-refractivity contribution in [2.75, 3.05) is 27.2 Å². The van der Waals surface area contributed by atoms with Crippen LogP contribution in [0.4, 0.5) is 0 Å². The lowest BCUT2D eigenvalue weighted by Gasteiger charge is -2.23. The maximum atomic E-state index is 11.7. The summed E-state index contributed by atoms with van der Waals surface area (Å²) in [6.45, 7) is 7.28. The van der Waals surface area contributed by atoms with E-state index in [0.717, 1.165) is 24.6 Å². The lowest BCUT2D eigenvalue weighted by Crippen LogP contribution is -2.40. The Labute approximate surface area is 132 Å². The minimum Gasteiger partial charge on any atom is -0.355 e.